The number of aromatic nitrogens is 2. The zero-order valence-electron chi connectivity index (χ0n) is 13.7. The fraction of sp³-hybridized carbons (Fsp3) is 0.316. The lowest BCUT2D eigenvalue weighted by Gasteiger charge is -2.18. The minimum Gasteiger partial charge on any atom is -0.342 e. The number of aryl methyl sites for hydroxylation is 1. The van der Waals surface area contributed by atoms with Crippen LogP contribution >= 0.6 is 0 Å². The van der Waals surface area contributed by atoms with Gasteiger partial charge in [0.25, 0.3) is 0 Å². The van der Waals surface area contributed by atoms with E-state index in [1.807, 2.05) is 37.7 Å². The predicted molar refractivity (Wildman–Crippen MR) is 89.6 cm³/mol. The van der Waals surface area contributed by atoms with Gasteiger partial charge in [0, 0.05) is 30.8 Å². The van der Waals surface area contributed by atoms with Gasteiger partial charge in [-0.25, -0.2) is 0 Å². The number of fused-ring (bicyclic) bond motifs is 1. The molecule has 0 aliphatic heterocycles. The maximum absolute atomic E-state index is 12.8. The molecule has 0 radical (unpaired) electrons. The smallest absolute Gasteiger partial charge is 0.248 e. The SMILES string of the molecule is C[C@H]1C[C@@]1(NC(=O)C1=Cc2cc(C#N)ccc2C1)c1cnn(C)c1. The van der Waals surface area contributed by atoms with Crippen molar-refractivity contribution in [2.24, 2.45) is 13.0 Å². The normalized spacial score (nSPS) is 24.0. The molecule has 0 saturated heterocycles. The molecule has 2 aliphatic carbocycles. The minimum atomic E-state index is -0.293. The number of amides is 1. The highest BCUT2D eigenvalue weighted by Crippen LogP contribution is 2.51. The first-order valence-electron chi connectivity index (χ1n) is 8.07. The molecule has 1 heterocycles. The maximum atomic E-state index is 12.8. The number of benzene rings is 1. The first-order chi connectivity index (χ1) is 11.5. The molecule has 0 unspecified atom stereocenters. The Labute approximate surface area is 140 Å². The van der Waals surface area contributed by atoms with E-state index in [0.29, 0.717) is 17.9 Å². The fourth-order valence-corrected chi connectivity index (χ4v) is 3.56. The van der Waals surface area contributed by atoms with Crippen molar-refractivity contribution in [1.82, 2.24) is 15.1 Å². The van der Waals surface area contributed by atoms with Crippen LogP contribution in [0, 0.1) is 17.2 Å². The van der Waals surface area contributed by atoms with Crippen LogP contribution in [0.2, 0.25) is 0 Å². The van der Waals surface area contributed by atoms with Gasteiger partial charge in [-0.2, -0.15) is 10.4 Å². The average molecular weight is 318 g/mol. The zero-order chi connectivity index (χ0) is 16.9. The highest BCUT2D eigenvalue weighted by Gasteiger charge is 2.54. The lowest BCUT2D eigenvalue weighted by Crippen LogP contribution is -2.37. The molecule has 4 rings (SSSR count). The number of nitrogens with zero attached hydrogens (tertiary/aromatic N) is 3. The summed E-state index contributed by atoms with van der Waals surface area (Å²) >= 11 is 0. The van der Waals surface area contributed by atoms with Crippen LogP contribution in [0.4, 0.5) is 0 Å². The Bertz CT molecular complexity index is 918. The van der Waals surface area contributed by atoms with Crippen molar-refractivity contribution in [2.75, 3.05) is 0 Å². The van der Waals surface area contributed by atoms with Crippen LogP contribution in [0.3, 0.4) is 0 Å². The highest BCUT2D eigenvalue weighted by atomic mass is 16.2. The van der Waals surface area contributed by atoms with E-state index >= 15 is 0 Å². The van der Waals surface area contributed by atoms with Gasteiger partial charge >= 0.3 is 0 Å². The third kappa shape index (κ3) is 2.23. The topological polar surface area (TPSA) is 70.7 Å². The summed E-state index contributed by atoms with van der Waals surface area (Å²) in [5.41, 5.74) is 4.21. The van der Waals surface area contributed by atoms with Crippen molar-refractivity contribution in [3.05, 3.63) is 58.4 Å². The maximum Gasteiger partial charge on any atom is 0.248 e. The quantitative estimate of drug-likeness (QED) is 0.944. The molecule has 1 aromatic carbocycles. The van der Waals surface area contributed by atoms with Crippen LogP contribution in [0.5, 0.6) is 0 Å². The number of nitrogens with one attached hydrogen (secondary N) is 1. The number of nitriles is 1. The van der Waals surface area contributed by atoms with E-state index in [0.717, 1.165) is 28.7 Å². The molecule has 1 N–H and O–H groups in total. The lowest BCUT2D eigenvalue weighted by atomic mass is 10.0. The number of carbonyl (C=O) groups is 1. The van der Waals surface area contributed by atoms with Crippen molar-refractivity contribution in [3.63, 3.8) is 0 Å². The second-order valence-corrected chi connectivity index (χ2v) is 6.81. The Balaban J connectivity index is 1.56. The van der Waals surface area contributed by atoms with Crippen molar-refractivity contribution >= 4 is 12.0 Å². The molecule has 120 valence electrons. The Morgan fingerprint density at radius 2 is 2.29 bits per heavy atom. The molecule has 24 heavy (non-hydrogen) atoms. The summed E-state index contributed by atoms with van der Waals surface area (Å²) in [5.74, 6) is 0.373. The number of rotatable bonds is 3. The summed E-state index contributed by atoms with van der Waals surface area (Å²) in [7, 11) is 1.88. The first kappa shape index (κ1) is 14.7. The van der Waals surface area contributed by atoms with Crippen molar-refractivity contribution < 1.29 is 4.79 Å². The largest absolute Gasteiger partial charge is 0.342 e. The molecule has 0 spiro atoms. The van der Waals surface area contributed by atoms with Crippen molar-refractivity contribution in [2.45, 2.75) is 25.3 Å². The van der Waals surface area contributed by atoms with Gasteiger partial charge in [0.15, 0.2) is 0 Å². The summed E-state index contributed by atoms with van der Waals surface area (Å²) in [6.07, 6.45) is 7.25. The Morgan fingerprint density at radius 1 is 1.50 bits per heavy atom. The summed E-state index contributed by atoms with van der Waals surface area (Å²) in [6.45, 7) is 2.14. The standard InChI is InChI=1S/C19H18N4O/c1-12-8-19(12,17-10-21-23(2)11-17)22-18(24)16-6-14-4-3-13(9-20)5-15(14)7-16/h3-5,7,10-12H,6,8H2,1-2H3,(H,22,24)/t12-,19-/m0/s1. The zero-order valence-corrected chi connectivity index (χ0v) is 13.7. The van der Waals surface area contributed by atoms with Crippen LogP contribution in [-0.2, 0) is 23.8 Å². The summed E-state index contributed by atoms with van der Waals surface area (Å²) in [5, 5.41) is 16.5. The van der Waals surface area contributed by atoms with E-state index in [9.17, 15) is 4.79 Å². The van der Waals surface area contributed by atoms with Gasteiger partial charge < -0.3 is 5.32 Å². The average Bonchev–Trinajstić information content (AvgIpc) is 2.96. The molecule has 5 nitrogen and oxygen atoms in total. The van der Waals surface area contributed by atoms with Crippen molar-refractivity contribution in [1.29, 1.82) is 5.26 Å². The van der Waals surface area contributed by atoms with Gasteiger partial charge in [0.1, 0.15) is 0 Å². The Kier molecular flexibility index (Phi) is 3.10. The molecule has 1 aromatic heterocycles. The monoisotopic (exact) mass is 318 g/mol. The molecule has 2 aliphatic rings. The van der Waals surface area contributed by atoms with Gasteiger partial charge in [-0.05, 0) is 41.7 Å². The van der Waals surface area contributed by atoms with Gasteiger partial charge in [0.2, 0.25) is 5.91 Å². The van der Waals surface area contributed by atoms with Gasteiger partial charge in [-0.3, -0.25) is 9.48 Å². The minimum absolute atomic E-state index is 0.0297. The van der Waals surface area contributed by atoms with E-state index in [-0.39, 0.29) is 11.4 Å². The van der Waals surface area contributed by atoms with Gasteiger partial charge in [0.05, 0.1) is 23.4 Å². The van der Waals surface area contributed by atoms with E-state index in [2.05, 4.69) is 23.4 Å². The van der Waals surface area contributed by atoms with Crippen LogP contribution < -0.4 is 5.32 Å². The Hall–Kier alpha value is -2.87. The second kappa shape index (κ2) is 5.07. The number of carbonyl (C=O) groups excluding carboxylic acids is 1. The molecular formula is C19H18N4O. The second-order valence-electron chi connectivity index (χ2n) is 6.81. The van der Waals surface area contributed by atoms with Crippen molar-refractivity contribution in [3.8, 4) is 6.07 Å². The first-order valence-corrected chi connectivity index (χ1v) is 8.07. The lowest BCUT2D eigenvalue weighted by molar-refractivity contribution is -0.118. The molecule has 0 bridgehead atoms. The third-order valence-electron chi connectivity index (χ3n) is 5.14. The van der Waals surface area contributed by atoms with E-state index in [1.54, 1.807) is 10.7 Å². The fourth-order valence-electron chi connectivity index (χ4n) is 3.56. The molecular weight excluding hydrogens is 300 g/mol. The van der Waals surface area contributed by atoms with Crippen LogP contribution in [0.15, 0.2) is 36.2 Å². The molecule has 1 amide bonds. The predicted octanol–water partition coefficient (Wildman–Crippen LogP) is 2.28. The summed E-state index contributed by atoms with van der Waals surface area (Å²) in [4.78, 5) is 12.8. The van der Waals surface area contributed by atoms with Crippen LogP contribution in [0.1, 0.15) is 35.6 Å². The molecule has 1 fully saturated rings. The highest BCUT2D eigenvalue weighted by molar-refractivity contribution is 6.01. The number of hydrogen-bond acceptors (Lipinski definition) is 3. The van der Waals surface area contributed by atoms with Crippen LogP contribution in [0.25, 0.3) is 6.08 Å². The molecule has 2 atom stereocenters. The van der Waals surface area contributed by atoms with Gasteiger partial charge in [-0.1, -0.05) is 13.0 Å². The molecule has 2 aromatic rings. The summed E-state index contributed by atoms with van der Waals surface area (Å²) < 4.78 is 1.77. The third-order valence-corrected chi connectivity index (χ3v) is 5.14. The van der Waals surface area contributed by atoms with Crippen LogP contribution in [-0.4, -0.2) is 15.7 Å². The molecule has 1 saturated carbocycles. The summed E-state index contributed by atoms with van der Waals surface area (Å²) in [6, 6.07) is 7.71. The number of hydrogen-bond donors (Lipinski definition) is 1. The van der Waals surface area contributed by atoms with Gasteiger partial charge in [-0.15, -0.1) is 0 Å². The van der Waals surface area contributed by atoms with E-state index in [1.165, 1.54) is 0 Å². The van der Waals surface area contributed by atoms with E-state index < -0.39 is 0 Å². The van der Waals surface area contributed by atoms with E-state index in [4.69, 9.17) is 5.26 Å². The Morgan fingerprint density at radius 3 is 2.92 bits per heavy atom. The molecule has 5 heteroatoms.